The van der Waals surface area contributed by atoms with E-state index < -0.39 is 0 Å². The van der Waals surface area contributed by atoms with Gasteiger partial charge in [0.25, 0.3) is 11.8 Å². The van der Waals surface area contributed by atoms with Gasteiger partial charge in [-0.3, -0.25) is 9.59 Å². The maximum absolute atomic E-state index is 12.8. The van der Waals surface area contributed by atoms with E-state index in [2.05, 4.69) is 15.5 Å². The number of nitrogens with zero attached hydrogens (tertiary/aromatic N) is 1. The number of hydrogen-bond donors (Lipinski definition) is 2. The molecular formula is C22H25Cl2N3O3. The van der Waals surface area contributed by atoms with Crippen LogP contribution in [0.25, 0.3) is 0 Å². The Morgan fingerprint density at radius 2 is 1.77 bits per heavy atom. The number of anilines is 2. The molecule has 0 saturated carbocycles. The van der Waals surface area contributed by atoms with Gasteiger partial charge in [-0.2, -0.15) is 0 Å². The van der Waals surface area contributed by atoms with Crippen molar-refractivity contribution in [3.63, 3.8) is 0 Å². The molecule has 1 heterocycles. The summed E-state index contributed by atoms with van der Waals surface area (Å²) >= 11 is 12.0. The number of benzene rings is 2. The molecule has 6 nitrogen and oxygen atoms in total. The highest BCUT2D eigenvalue weighted by molar-refractivity contribution is 6.37. The second-order valence-corrected chi connectivity index (χ2v) is 7.95. The molecule has 160 valence electrons. The lowest BCUT2D eigenvalue weighted by Gasteiger charge is -2.30. The van der Waals surface area contributed by atoms with E-state index >= 15 is 0 Å². The number of hydrogen-bond acceptors (Lipinski definition) is 4. The van der Waals surface area contributed by atoms with Crippen molar-refractivity contribution in [2.45, 2.75) is 19.3 Å². The van der Waals surface area contributed by atoms with Crippen LogP contribution in [0.2, 0.25) is 10.0 Å². The maximum Gasteiger partial charge on any atom is 0.257 e. The average molecular weight is 450 g/mol. The van der Waals surface area contributed by atoms with Crippen LogP contribution in [0.1, 0.15) is 40.0 Å². The Morgan fingerprint density at radius 3 is 2.47 bits per heavy atom. The number of halogens is 2. The Bertz CT molecular complexity index is 914. The molecular weight excluding hydrogens is 425 g/mol. The molecule has 8 heteroatoms. The number of rotatable bonds is 7. The van der Waals surface area contributed by atoms with Crippen LogP contribution in [0.15, 0.2) is 36.4 Å². The van der Waals surface area contributed by atoms with Crippen LogP contribution in [0, 0.1) is 0 Å². The van der Waals surface area contributed by atoms with E-state index in [0.29, 0.717) is 35.0 Å². The van der Waals surface area contributed by atoms with Crippen LogP contribution >= 0.6 is 23.2 Å². The fourth-order valence-electron chi connectivity index (χ4n) is 3.44. The van der Waals surface area contributed by atoms with Crippen molar-refractivity contribution in [1.82, 2.24) is 5.32 Å². The van der Waals surface area contributed by atoms with E-state index in [4.69, 9.17) is 27.9 Å². The Morgan fingerprint density at radius 1 is 1.00 bits per heavy atom. The minimum atomic E-state index is -0.367. The zero-order valence-electron chi connectivity index (χ0n) is 16.8. The van der Waals surface area contributed by atoms with Gasteiger partial charge in [0.15, 0.2) is 0 Å². The topological polar surface area (TPSA) is 70.7 Å². The van der Waals surface area contributed by atoms with Gasteiger partial charge in [0.2, 0.25) is 0 Å². The predicted octanol–water partition coefficient (Wildman–Crippen LogP) is 4.61. The van der Waals surface area contributed by atoms with Gasteiger partial charge in [-0.15, -0.1) is 0 Å². The fraction of sp³-hybridized carbons (Fsp3) is 0.364. The molecule has 3 rings (SSSR count). The number of piperidine rings is 1. The fourth-order valence-corrected chi connectivity index (χ4v) is 3.93. The summed E-state index contributed by atoms with van der Waals surface area (Å²) in [5.41, 5.74) is 2.22. The smallest absolute Gasteiger partial charge is 0.257 e. The molecule has 0 aliphatic carbocycles. The summed E-state index contributed by atoms with van der Waals surface area (Å²) in [6.07, 6.45) is 3.39. The summed E-state index contributed by atoms with van der Waals surface area (Å²) in [5, 5.41) is 6.41. The van der Waals surface area contributed by atoms with Gasteiger partial charge < -0.3 is 20.3 Å². The molecule has 1 aliphatic rings. The summed E-state index contributed by atoms with van der Waals surface area (Å²) in [4.78, 5) is 27.7. The van der Waals surface area contributed by atoms with E-state index in [1.165, 1.54) is 12.5 Å². The predicted molar refractivity (Wildman–Crippen MR) is 121 cm³/mol. The van der Waals surface area contributed by atoms with Crippen LogP contribution in [-0.4, -0.2) is 45.2 Å². The highest BCUT2D eigenvalue weighted by atomic mass is 35.5. The average Bonchev–Trinajstić information content (AvgIpc) is 2.74. The molecule has 2 aromatic carbocycles. The molecule has 1 saturated heterocycles. The first-order chi connectivity index (χ1) is 14.5. The molecule has 0 bridgehead atoms. The number of nitrogens with one attached hydrogen (secondary N) is 2. The first-order valence-electron chi connectivity index (χ1n) is 9.92. The third-order valence-corrected chi connectivity index (χ3v) is 5.51. The second kappa shape index (κ2) is 10.7. The Hall–Kier alpha value is -2.28. The van der Waals surface area contributed by atoms with Crippen molar-refractivity contribution in [2.24, 2.45) is 0 Å². The van der Waals surface area contributed by atoms with Gasteiger partial charge in [-0.05, 0) is 55.7 Å². The molecule has 0 spiro atoms. The Labute approximate surface area is 186 Å². The van der Waals surface area contributed by atoms with Crippen LogP contribution in [0.5, 0.6) is 0 Å². The van der Waals surface area contributed by atoms with E-state index in [1.54, 1.807) is 31.4 Å². The van der Waals surface area contributed by atoms with E-state index in [1.807, 2.05) is 6.07 Å². The van der Waals surface area contributed by atoms with Crippen LogP contribution < -0.4 is 15.5 Å². The molecule has 0 aromatic heterocycles. The quantitative estimate of drug-likeness (QED) is 0.605. The van der Waals surface area contributed by atoms with E-state index in [-0.39, 0.29) is 16.8 Å². The van der Waals surface area contributed by atoms with Gasteiger partial charge in [0, 0.05) is 43.1 Å². The lowest BCUT2D eigenvalue weighted by molar-refractivity contribution is 0.0936. The van der Waals surface area contributed by atoms with Crippen molar-refractivity contribution in [3.05, 3.63) is 57.6 Å². The maximum atomic E-state index is 12.8. The molecule has 30 heavy (non-hydrogen) atoms. The summed E-state index contributed by atoms with van der Waals surface area (Å²) in [6.45, 7) is 2.65. The first kappa shape index (κ1) is 22.4. The molecule has 1 fully saturated rings. The normalized spacial score (nSPS) is 13.8. The highest BCUT2D eigenvalue weighted by Crippen LogP contribution is 2.28. The minimum Gasteiger partial charge on any atom is -0.383 e. The third kappa shape index (κ3) is 5.65. The van der Waals surface area contributed by atoms with Gasteiger partial charge in [0.1, 0.15) is 0 Å². The largest absolute Gasteiger partial charge is 0.383 e. The molecule has 0 radical (unpaired) electrons. The zero-order valence-corrected chi connectivity index (χ0v) is 18.4. The Kier molecular flexibility index (Phi) is 7.96. The van der Waals surface area contributed by atoms with Crippen molar-refractivity contribution in [1.29, 1.82) is 0 Å². The molecule has 1 aliphatic heterocycles. The number of ether oxygens (including phenoxy) is 1. The third-order valence-electron chi connectivity index (χ3n) is 4.96. The monoisotopic (exact) mass is 449 g/mol. The summed E-state index contributed by atoms with van der Waals surface area (Å²) in [5.74, 6) is -0.568. The zero-order chi connectivity index (χ0) is 21.5. The van der Waals surface area contributed by atoms with Crippen LogP contribution in [0.4, 0.5) is 11.4 Å². The van der Waals surface area contributed by atoms with Gasteiger partial charge in [-0.25, -0.2) is 0 Å². The van der Waals surface area contributed by atoms with Crippen molar-refractivity contribution < 1.29 is 14.3 Å². The lowest BCUT2D eigenvalue weighted by atomic mass is 10.1. The standard InChI is InChI=1S/C22H25Cl2N3O3/c1-30-12-9-25-21(28)18-14-16(6-8-20(18)27-10-3-2-4-11-27)26-22(29)17-7-5-15(23)13-19(17)24/h5-8,13-14H,2-4,9-12H2,1H3,(H,25,28)(H,26,29). The van der Waals surface area contributed by atoms with Crippen LogP contribution in [-0.2, 0) is 4.74 Å². The molecule has 2 amide bonds. The highest BCUT2D eigenvalue weighted by Gasteiger charge is 2.20. The van der Waals surface area contributed by atoms with Crippen molar-refractivity contribution in [3.8, 4) is 0 Å². The lowest BCUT2D eigenvalue weighted by Crippen LogP contribution is -2.33. The van der Waals surface area contributed by atoms with Gasteiger partial charge >= 0.3 is 0 Å². The Balaban J connectivity index is 1.85. The molecule has 0 atom stereocenters. The van der Waals surface area contributed by atoms with Gasteiger partial charge in [0.05, 0.1) is 22.8 Å². The SMILES string of the molecule is COCCNC(=O)c1cc(NC(=O)c2ccc(Cl)cc2Cl)ccc1N1CCCCC1. The molecule has 2 N–H and O–H groups in total. The molecule has 0 unspecified atom stereocenters. The summed E-state index contributed by atoms with van der Waals surface area (Å²) < 4.78 is 5.02. The van der Waals surface area contributed by atoms with E-state index in [9.17, 15) is 9.59 Å². The number of amides is 2. The van der Waals surface area contributed by atoms with Crippen LogP contribution in [0.3, 0.4) is 0 Å². The number of carbonyl (C=O) groups excluding carboxylic acids is 2. The van der Waals surface area contributed by atoms with E-state index in [0.717, 1.165) is 31.6 Å². The second-order valence-electron chi connectivity index (χ2n) is 7.11. The van der Waals surface area contributed by atoms with Crippen molar-refractivity contribution >= 4 is 46.4 Å². The van der Waals surface area contributed by atoms with Crippen molar-refractivity contribution in [2.75, 3.05) is 43.6 Å². The minimum absolute atomic E-state index is 0.201. The number of carbonyl (C=O) groups is 2. The van der Waals surface area contributed by atoms with Gasteiger partial charge in [-0.1, -0.05) is 23.2 Å². The molecule has 2 aromatic rings. The first-order valence-corrected chi connectivity index (χ1v) is 10.7. The number of methoxy groups -OCH3 is 1. The summed E-state index contributed by atoms with van der Waals surface area (Å²) in [7, 11) is 1.59. The summed E-state index contributed by atoms with van der Waals surface area (Å²) in [6, 6.07) is 10.1.